The van der Waals surface area contributed by atoms with Crippen LogP contribution in [-0.4, -0.2) is 53.8 Å². The van der Waals surface area contributed by atoms with Gasteiger partial charge in [0, 0.05) is 18.3 Å². The van der Waals surface area contributed by atoms with Crippen molar-refractivity contribution >= 4 is 22.0 Å². The number of nitrogens with zero attached hydrogens (tertiary/aromatic N) is 1. The number of ether oxygens (including phenoxy) is 1. The number of carbonyl (C=O) groups excluding carboxylic acids is 1. The molecule has 0 aliphatic rings. The molecular formula is C10H15N3O6S. The summed E-state index contributed by atoms with van der Waals surface area (Å²) >= 11 is 0. The highest BCUT2D eigenvalue weighted by Gasteiger charge is 2.27. The normalized spacial score (nSPS) is 12.8. The average molecular weight is 305 g/mol. The molecule has 0 fully saturated rings. The van der Waals surface area contributed by atoms with E-state index in [2.05, 4.69) is 14.7 Å². The molecule has 0 saturated carbocycles. The fourth-order valence-corrected chi connectivity index (χ4v) is 2.51. The third-order valence-electron chi connectivity index (χ3n) is 2.21. The average Bonchev–Trinajstić information content (AvgIpc) is 2.79. The zero-order chi connectivity index (χ0) is 15.2. The van der Waals surface area contributed by atoms with Crippen LogP contribution < -0.4 is 4.72 Å². The van der Waals surface area contributed by atoms with Crippen molar-refractivity contribution in [2.45, 2.75) is 19.4 Å². The van der Waals surface area contributed by atoms with Gasteiger partial charge in [0.05, 0.1) is 12.9 Å². The number of esters is 1. The Bertz CT molecular complexity index is 554. The maximum Gasteiger partial charge on any atom is 0.322 e. The molecule has 112 valence electrons. The molecule has 1 aromatic rings. The van der Waals surface area contributed by atoms with E-state index in [1.165, 1.54) is 19.4 Å². The van der Waals surface area contributed by atoms with Gasteiger partial charge >= 0.3 is 11.9 Å². The first kappa shape index (κ1) is 16.1. The van der Waals surface area contributed by atoms with Gasteiger partial charge in [0.1, 0.15) is 6.04 Å². The molecule has 20 heavy (non-hydrogen) atoms. The number of carbonyl (C=O) groups is 2. The van der Waals surface area contributed by atoms with Gasteiger partial charge in [-0.3, -0.25) is 9.59 Å². The predicted octanol–water partition coefficient (Wildman–Crippen LogP) is -1.11. The fraction of sp³-hybridized carbons (Fsp3) is 0.500. The van der Waals surface area contributed by atoms with Gasteiger partial charge in [-0.15, -0.1) is 0 Å². The van der Waals surface area contributed by atoms with Crippen molar-refractivity contribution in [3.8, 4) is 0 Å². The third kappa shape index (κ3) is 5.36. The van der Waals surface area contributed by atoms with E-state index in [1.54, 1.807) is 0 Å². The molecule has 1 aromatic heterocycles. The molecule has 0 aromatic carbocycles. The summed E-state index contributed by atoms with van der Waals surface area (Å²) in [7, 11) is -4.09. The zero-order valence-corrected chi connectivity index (χ0v) is 11.5. The molecule has 0 saturated heterocycles. The summed E-state index contributed by atoms with van der Waals surface area (Å²) in [4.78, 5) is 28.5. The Balaban J connectivity index is 2.69. The molecule has 0 bridgehead atoms. The first-order chi connectivity index (χ1) is 9.34. The number of aromatic amines is 1. The number of aromatic nitrogens is 2. The molecule has 0 spiro atoms. The van der Waals surface area contributed by atoms with Crippen molar-refractivity contribution in [1.29, 1.82) is 0 Å². The number of nitrogens with one attached hydrogen (secondary N) is 2. The van der Waals surface area contributed by atoms with E-state index in [1.807, 2.05) is 4.72 Å². The molecule has 0 unspecified atom stereocenters. The number of hydrogen-bond donors (Lipinski definition) is 3. The lowest BCUT2D eigenvalue weighted by Gasteiger charge is -2.13. The number of imidazole rings is 1. The van der Waals surface area contributed by atoms with Crippen molar-refractivity contribution in [1.82, 2.24) is 14.7 Å². The maximum absolute atomic E-state index is 11.7. The summed E-state index contributed by atoms with van der Waals surface area (Å²) in [6.45, 7) is 1.58. The van der Waals surface area contributed by atoms with Gasteiger partial charge < -0.3 is 14.8 Å². The van der Waals surface area contributed by atoms with Crippen LogP contribution in [-0.2, 0) is 30.8 Å². The number of rotatable bonds is 8. The minimum atomic E-state index is -4.09. The minimum absolute atomic E-state index is 0.0465. The second-order valence-electron chi connectivity index (χ2n) is 3.85. The van der Waals surface area contributed by atoms with Gasteiger partial charge in [-0.25, -0.2) is 18.1 Å². The summed E-state index contributed by atoms with van der Waals surface area (Å²) < 4.78 is 29.8. The number of carboxylic acids is 1. The Kier molecular flexibility index (Phi) is 5.65. The van der Waals surface area contributed by atoms with E-state index in [-0.39, 0.29) is 13.0 Å². The van der Waals surface area contributed by atoms with Gasteiger partial charge in [0.2, 0.25) is 10.0 Å². The number of hydrogen-bond acceptors (Lipinski definition) is 6. The Morgan fingerprint density at radius 3 is 2.75 bits per heavy atom. The van der Waals surface area contributed by atoms with E-state index in [4.69, 9.17) is 5.11 Å². The van der Waals surface area contributed by atoms with Crippen molar-refractivity contribution in [2.24, 2.45) is 0 Å². The van der Waals surface area contributed by atoms with Crippen LogP contribution in [0.5, 0.6) is 0 Å². The molecule has 1 atom stereocenters. The van der Waals surface area contributed by atoms with Crippen LogP contribution in [0.3, 0.4) is 0 Å². The van der Waals surface area contributed by atoms with Gasteiger partial charge in [-0.2, -0.15) is 0 Å². The van der Waals surface area contributed by atoms with Gasteiger partial charge in [0.15, 0.2) is 5.75 Å². The standard InChI is InChI=1S/C10H15N3O6S/c1-2-19-9(14)5-20(17,18)13-8(10(15)16)3-7-4-11-6-12-7/h4,6,8,13H,2-3,5H2,1H3,(H,11,12)(H,15,16)/t8-/m0/s1. The summed E-state index contributed by atoms with van der Waals surface area (Å²) in [5.41, 5.74) is 0.455. The Morgan fingerprint density at radius 2 is 2.25 bits per heavy atom. The molecular weight excluding hydrogens is 290 g/mol. The molecule has 1 rings (SSSR count). The van der Waals surface area contributed by atoms with Crippen molar-refractivity contribution in [2.75, 3.05) is 12.4 Å². The Hall–Kier alpha value is -1.94. The molecule has 0 aliphatic carbocycles. The van der Waals surface area contributed by atoms with Crippen LogP contribution in [0.15, 0.2) is 12.5 Å². The van der Waals surface area contributed by atoms with Crippen LogP contribution in [0.2, 0.25) is 0 Å². The van der Waals surface area contributed by atoms with Crippen LogP contribution in [0.1, 0.15) is 12.6 Å². The van der Waals surface area contributed by atoms with Crippen molar-refractivity contribution < 1.29 is 27.9 Å². The van der Waals surface area contributed by atoms with Gasteiger partial charge in [0.25, 0.3) is 0 Å². The zero-order valence-electron chi connectivity index (χ0n) is 10.7. The van der Waals surface area contributed by atoms with Crippen LogP contribution >= 0.6 is 0 Å². The molecule has 0 amide bonds. The number of sulfonamides is 1. The quantitative estimate of drug-likeness (QED) is 0.517. The molecule has 10 heteroatoms. The summed E-state index contributed by atoms with van der Waals surface area (Å²) in [6.07, 6.45) is 2.62. The van der Waals surface area contributed by atoms with E-state index >= 15 is 0 Å². The topological polar surface area (TPSA) is 138 Å². The van der Waals surface area contributed by atoms with E-state index in [0.29, 0.717) is 5.69 Å². The highest BCUT2D eigenvalue weighted by Crippen LogP contribution is 2.01. The maximum atomic E-state index is 11.7. The SMILES string of the molecule is CCOC(=O)CS(=O)(=O)N[C@@H](Cc1cnc[nH]1)C(=O)O. The van der Waals surface area contributed by atoms with E-state index < -0.39 is 33.8 Å². The molecule has 9 nitrogen and oxygen atoms in total. The lowest BCUT2D eigenvalue weighted by molar-refractivity contribution is -0.141. The van der Waals surface area contributed by atoms with Crippen molar-refractivity contribution in [3.63, 3.8) is 0 Å². The van der Waals surface area contributed by atoms with Crippen molar-refractivity contribution in [3.05, 3.63) is 18.2 Å². The second kappa shape index (κ2) is 7.01. The van der Waals surface area contributed by atoms with Gasteiger partial charge in [-0.1, -0.05) is 0 Å². The van der Waals surface area contributed by atoms with E-state index in [0.717, 1.165) is 0 Å². The molecule has 0 aliphatic heterocycles. The summed E-state index contributed by atoms with van der Waals surface area (Å²) in [5, 5.41) is 9.00. The van der Waals surface area contributed by atoms with Crippen LogP contribution in [0.4, 0.5) is 0 Å². The number of aliphatic carboxylic acids is 1. The molecule has 0 radical (unpaired) electrons. The Labute approximate surface area is 115 Å². The minimum Gasteiger partial charge on any atom is -0.480 e. The summed E-state index contributed by atoms with van der Waals surface area (Å²) in [5.74, 6) is -3.22. The lowest BCUT2D eigenvalue weighted by Crippen LogP contribution is -2.44. The highest BCUT2D eigenvalue weighted by atomic mass is 32.2. The van der Waals surface area contributed by atoms with Crippen LogP contribution in [0, 0.1) is 0 Å². The second-order valence-corrected chi connectivity index (χ2v) is 5.61. The predicted molar refractivity (Wildman–Crippen MR) is 67.3 cm³/mol. The van der Waals surface area contributed by atoms with Gasteiger partial charge in [-0.05, 0) is 6.92 Å². The summed E-state index contributed by atoms with van der Waals surface area (Å²) in [6, 6.07) is -1.39. The Morgan fingerprint density at radius 1 is 1.55 bits per heavy atom. The highest BCUT2D eigenvalue weighted by molar-refractivity contribution is 7.90. The lowest BCUT2D eigenvalue weighted by atomic mass is 10.2. The first-order valence-electron chi connectivity index (χ1n) is 5.69. The molecule has 3 N–H and O–H groups in total. The first-order valence-corrected chi connectivity index (χ1v) is 7.35. The third-order valence-corrected chi connectivity index (χ3v) is 3.47. The number of H-pyrrole nitrogens is 1. The largest absolute Gasteiger partial charge is 0.480 e. The smallest absolute Gasteiger partial charge is 0.322 e. The molecule has 1 heterocycles. The van der Waals surface area contributed by atoms with E-state index in [9.17, 15) is 18.0 Å². The number of carboxylic acid groups (broad SMARTS) is 1. The monoisotopic (exact) mass is 305 g/mol. The fourth-order valence-electron chi connectivity index (χ4n) is 1.41. The van der Waals surface area contributed by atoms with Crippen LogP contribution in [0.25, 0.3) is 0 Å².